The van der Waals surface area contributed by atoms with Gasteiger partial charge in [-0.15, -0.1) is 0 Å². The van der Waals surface area contributed by atoms with Crippen LogP contribution < -0.4 is 5.73 Å². The molecule has 4 nitrogen and oxygen atoms in total. The van der Waals surface area contributed by atoms with Crippen LogP contribution in [0.5, 0.6) is 0 Å². The summed E-state index contributed by atoms with van der Waals surface area (Å²) >= 11 is 0. The number of carbonyl (C=O) groups excluding carboxylic acids is 1. The summed E-state index contributed by atoms with van der Waals surface area (Å²) in [5, 5.41) is 8.66. The molecule has 0 saturated carbocycles. The van der Waals surface area contributed by atoms with Gasteiger partial charge in [0.05, 0.1) is 11.6 Å². The summed E-state index contributed by atoms with van der Waals surface area (Å²) in [6, 6.07) is 5.10. The fourth-order valence-electron chi connectivity index (χ4n) is 1.12. The molecule has 1 unspecified atom stereocenters. The van der Waals surface area contributed by atoms with Crippen LogP contribution in [-0.4, -0.2) is 16.9 Å². The molecule has 0 heterocycles. The van der Waals surface area contributed by atoms with Crippen molar-refractivity contribution in [2.45, 2.75) is 6.04 Å². The molecule has 0 aliphatic heterocycles. The van der Waals surface area contributed by atoms with E-state index in [9.17, 15) is 9.59 Å². The van der Waals surface area contributed by atoms with Crippen LogP contribution >= 0.6 is 0 Å². The van der Waals surface area contributed by atoms with Crippen LogP contribution in [0.4, 0.5) is 0 Å². The molecule has 4 heteroatoms. The Labute approximate surface area is 87.0 Å². The molecule has 1 atom stereocenters. The smallest absolute Gasteiger partial charge is 0.335 e. The molecule has 0 aliphatic rings. The Morgan fingerprint density at radius 2 is 1.87 bits per heavy atom. The van der Waals surface area contributed by atoms with E-state index >= 15 is 0 Å². The Hall–Kier alpha value is -1.94. The Bertz CT molecular complexity index is 395. The zero-order valence-electron chi connectivity index (χ0n) is 8.01. The molecule has 0 aliphatic carbocycles. The van der Waals surface area contributed by atoms with Crippen molar-refractivity contribution in [1.82, 2.24) is 0 Å². The monoisotopic (exact) mass is 205 g/mol. The number of carbonyl (C=O) groups is 2. The summed E-state index contributed by atoms with van der Waals surface area (Å²) in [7, 11) is 0. The molecule has 0 spiro atoms. The summed E-state index contributed by atoms with van der Waals surface area (Å²) in [6.45, 7) is 3.33. The van der Waals surface area contributed by atoms with Gasteiger partial charge >= 0.3 is 5.97 Å². The second kappa shape index (κ2) is 4.52. The fraction of sp³-hybridized carbons (Fsp3) is 0.0909. The number of nitrogens with two attached hydrogens (primary N) is 1. The van der Waals surface area contributed by atoms with E-state index in [4.69, 9.17) is 10.8 Å². The second-order valence-corrected chi connectivity index (χ2v) is 3.01. The summed E-state index contributed by atoms with van der Waals surface area (Å²) in [6.07, 6.45) is 1.15. The van der Waals surface area contributed by atoms with E-state index in [1.54, 1.807) is 0 Å². The highest BCUT2D eigenvalue weighted by Crippen LogP contribution is 2.12. The highest BCUT2D eigenvalue weighted by molar-refractivity contribution is 5.94. The zero-order valence-corrected chi connectivity index (χ0v) is 8.01. The van der Waals surface area contributed by atoms with E-state index in [0.29, 0.717) is 5.56 Å². The molecule has 1 aromatic rings. The first-order chi connectivity index (χ1) is 7.06. The van der Waals surface area contributed by atoms with Crippen LogP contribution in [0.15, 0.2) is 36.9 Å². The maximum absolute atomic E-state index is 11.2. The number of hydrogen-bond acceptors (Lipinski definition) is 3. The van der Waals surface area contributed by atoms with E-state index in [2.05, 4.69) is 6.58 Å². The number of rotatable bonds is 4. The normalized spacial score (nSPS) is 11.8. The molecule has 3 N–H and O–H groups in total. The number of benzene rings is 1. The number of carboxylic acids is 1. The zero-order chi connectivity index (χ0) is 11.4. The van der Waals surface area contributed by atoms with Gasteiger partial charge in [-0.3, -0.25) is 4.79 Å². The highest BCUT2D eigenvalue weighted by Gasteiger charge is 2.12. The van der Waals surface area contributed by atoms with Gasteiger partial charge in [-0.1, -0.05) is 18.7 Å². The van der Waals surface area contributed by atoms with Gasteiger partial charge in [-0.05, 0) is 23.8 Å². The van der Waals surface area contributed by atoms with Gasteiger partial charge in [0.1, 0.15) is 0 Å². The van der Waals surface area contributed by atoms with Gasteiger partial charge in [0.2, 0.25) is 0 Å². The van der Waals surface area contributed by atoms with E-state index in [1.165, 1.54) is 24.3 Å². The largest absolute Gasteiger partial charge is 0.478 e. The molecule has 15 heavy (non-hydrogen) atoms. The molecule has 0 bridgehead atoms. The molecule has 0 amide bonds. The Balaban J connectivity index is 2.93. The quantitative estimate of drug-likeness (QED) is 0.722. The summed E-state index contributed by atoms with van der Waals surface area (Å²) in [4.78, 5) is 21.7. The topological polar surface area (TPSA) is 80.4 Å². The minimum atomic E-state index is -1.01. The third-order valence-electron chi connectivity index (χ3n) is 2.02. The summed E-state index contributed by atoms with van der Waals surface area (Å²) in [5.74, 6) is -1.30. The predicted molar refractivity (Wildman–Crippen MR) is 55.5 cm³/mol. The van der Waals surface area contributed by atoms with Crippen molar-refractivity contribution in [2.24, 2.45) is 5.73 Å². The van der Waals surface area contributed by atoms with E-state index in [1.807, 2.05) is 0 Å². The number of carboxylic acid groups (broad SMARTS) is 1. The number of hydrogen-bond donors (Lipinski definition) is 2. The molecule has 78 valence electrons. The predicted octanol–water partition coefficient (Wildman–Crippen LogP) is 1.14. The van der Waals surface area contributed by atoms with Crippen molar-refractivity contribution in [2.75, 3.05) is 0 Å². The number of aromatic carboxylic acids is 1. The van der Waals surface area contributed by atoms with E-state index in [-0.39, 0.29) is 11.3 Å². The molecule has 1 rings (SSSR count). The molecule has 0 aromatic heterocycles. The molecular formula is C11H11NO3. The molecular weight excluding hydrogens is 194 g/mol. The van der Waals surface area contributed by atoms with E-state index in [0.717, 1.165) is 6.08 Å². The maximum Gasteiger partial charge on any atom is 0.335 e. The van der Waals surface area contributed by atoms with E-state index < -0.39 is 12.0 Å². The van der Waals surface area contributed by atoms with Gasteiger partial charge in [0.25, 0.3) is 0 Å². The minimum absolute atomic E-state index is 0.164. The van der Waals surface area contributed by atoms with Crippen LogP contribution in [0.1, 0.15) is 22.0 Å². The Kier molecular flexibility index (Phi) is 3.36. The summed E-state index contributed by atoms with van der Waals surface area (Å²) < 4.78 is 0. The van der Waals surface area contributed by atoms with Gasteiger partial charge in [0, 0.05) is 0 Å². The van der Waals surface area contributed by atoms with Crippen molar-refractivity contribution < 1.29 is 14.7 Å². The SMILES string of the molecule is C=CC(=O)C(N)c1ccc(C(=O)O)cc1. The lowest BCUT2D eigenvalue weighted by Gasteiger charge is -2.07. The number of ketones is 1. The van der Waals surface area contributed by atoms with Crippen LogP contribution in [-0.2, 0) is 4.79 Å². The van der Waals surface area contributed by atoms with Crippen LogP contribution in [0.2, 0.25) is 0 Å². The highest BCUT2D eigenvalue weighted by atomic mass is 16.4. The lowest BCUT2D eigenvalue weighted by Crippen LogP contribution is -2.19. The lowest BCUT2D eigenvalue weighted by atomic mass is 10.0. The van der Waals surface area contributed by atoms with Gasteiger partial charge in [-0.2, -0.15) is 0 Å². The van der Waals surface area contributed by atoms with Crippen LogP contribution in [0.25, 0.3) is 0 Å². The first kappa shape index (κ1) is 11.1. The van der Waals surface area contributed by atoms with Crippen molar-refractivity contribution in [3.63, 3.8) is 0 Å². The first-order valence-electron chi connectivity index (χ1n) is 4.31. The summed E-state index contributed by atoms with van der Waals surface area (Å²) in [5.41, 5.74) is 6.34. The third-order valence-corrected chi connectivity index (χ3v) is 2.02. The van der Waals surface area contributed by atoms with Crippen molar-refractivity contribution in [1.29, 1.82) is 0 Å². The average Bonchev–Trinajstić information content (AvgIpc) is 2.27. The first-order valence-corrected chi connectivity index (χ1v) is 4.31. The lowest BCUT2D eigenvalue weighted by molar-refractivity contribution is -0.115. The average molecular weight is 205 g/mol. The van der Waals surface area contributed by atoms with Crippen molar-refractivity contribution in [3.8, 4) is 0 Å². The van der Waals surface area contributed by atoms with Crippen LogP contribution in [0, 0.1) is 0 Å². The second-order valence-electron chi connectivity index (χ2n) is 3.01. The van der Waals surface area contributed by atoms with Gasteiger partial charge in [0.15, 0.2) is 5.78 Å². The fourth-order valence-corrected chi connectivity index (χ4v) is 1.12. The minimum Gasteiger partial charge on any atom is -0.478 e. The van der Waals surface area contributed by atoms with Gasteiger partial charge in [-0.25, -0.2) is 4.79 Å². The molecule has 0 saturated heterocycles. The molecule has 1 aromatic carbocycles. The molecule has 0 radical (unpaired) electrons. The van der Waals surface area contributed by atoms with Crippen molar-refractivity contribution >= 4 is 11.8 Å². The Morgan fingerprint density at radius 3 is 2.27 bits per heavy atom. The Morgan fingerprint density at radius 1 is 1.33 bits per heavy atom. The maximum atomic E-state index is 11.2. The van der Waals surface area contributed by atoms with Gasteiger partial charge < -0.3 is 10.8 Å². The van der Waals surface area contributed by atoms with Crippen molar-refractivity contribution in [3.05, 3.63) is 48.0 Å². The standard InChI is InChI=1S/C11H11NO3/c1-2-9(13)10(12)7-3-5-8(6-4-7)11(14)15/h2-6,10H,1,12H2,(H,14,15). The molecule has 0 fully saturated rings. The van der Waals surface area contributed by atoms with Crippen LogP contribution in [0.3, 0.4) is 0 Å². The third kappa shape index (κ3) is 2.51.